The highest BCUT2D eigenvalue weighted by atomic mass is 16.2. The zero-order valence-electron chi connectivity index (χ0n) is 22.0. The summed E-state index contributed by atoms with van der Waals surface area (Å²) in [5.74, 6) is -1.38. The first-order chi connectivity index (χ1) is 17.0. The van der Waals surface area contributed by atoms with E-state index in [1.54, 1.807) is 4.90 Å². The molecule has 9 heteroatoms. The number of amides is 4. The average molecular weight is 503 g/mol. The van der Waals surface area contributed by atoms with Gasteiger partial charge >= 0.3 is 0 Å². The third-order valence-electron chi connectivity index (χ3n) is 8.08. The lowest BCUT2D eigenvalue weighted by atomic mass is 9.93. The number of rotatable bonds is 12. The van der Waals surface area contributed by atoms with Crippen LogP contribution < -0.4 is 16.0 Å². The molecule has 1 aliphatic heterocycles. The van der Waals surface area contributed by atoms with E-state index in [1.807, 2.05) is 13.8 Å². The van der Waals surface area contributed by atoms with E-state index in [2.05, 4.69) is 29.8 Å². The van der Waals surface area contributed by atoms with E-state index < -0.39 is 29.8 Å². The first-order valence-electron chi connectivity index (χ1n) is 13.8. The highest BCUT2D eigenvalue weighted by molar-refractivity contribution is 6.38. The van der Waals surface area contributed by atoms with Crippen molar-refractivity contribution >= 4 is 29.4 Å². The van der Waals surface area contributed by atoms with Crippen LogP contribution in [0.3, 0.4) is 0 Å². The number of nitrogens with zero attached hydrogens (tertiary/aromatic N) is 1. The summed E-state index contributed by atoms with van der Waals surface area (Å²) >= 11 is 0. The molecule has 1 heterocycles. The molecular weight excluding hydrogens is 460 g/mol. The summed E-state index contributed by atoms with van der Waals surface area (Å²) in [6.07, 6.45) is 6.37. The summed E-state index contributed by atoms with van der Waals surface area (Å²) in [5, 5.41) is 8.51. The lowest BCUT2D eigenvalue weighted by Crippen LogP contribution is -2.57. The van der Waals surface area contributed by atoms with Crippen molar-refractivity contribution in [3.05, 3.63) is 0 Å². The van der Waals surface area contributed by atoms with Crippen LogP contribution >= 0.6 is 0 Å². The molecule has 0 bridgehead atoms. The monoisotopic (exact) mass is 502 g/mol. The van der Waals surface area contributed by atoms with Gasteiger partial charge in [0.25, 0.3) is 5.91 Å². The third-order valence-corrected chi connectivity index (χ3v) is 8.08. The Labute approximate surface area is 213 Å². The van der Waals surface area contributed by atoms with Crippen LogP contribution in [0.2, 0.25) is 0 Å². The SMILES string of the molecule is CC(C)[C@@H]1C[C@@H](C(=O)NC(CC2CC2)C(=O)C(=O)NC2CC2)N(C(=O)[C@@H](NC(=O)C2CC2)C(C)C)C1. The quantitative estimate of drug-likeness (QED) is 0.349. The van der Waals surface area contributed by atoms with Gasteiger partial charge in [-0.3, -0.25) is 24.0 Å². The van der Waals surface area contributed by atoms with Crippen molar-refractivity contribution in [2.45, 2.75) is 103 Å². The van der Waals surface area contributed by atoms with Crippen molar-refractivity contribution in [1.29, 1.82) is 0 Å². The normalized spacial score (nSPS) is 25.4. The predicted molar refractivity (Wildman–Crippen MR) is 133 cm³/mol. The minimum Gasteiger partial charge on any atom is -0.347 e. The summed E-state index contributed by atoms with van der Waals surface area (Å²) in [4.78, 5) is 66.7. The number of carbonyl (C=O) groups excluding carboxylic acids is 5. The van der Waals surface area contributed by atoms with E-state index in [4.69, 9.17) is 0 Å². The molecule has 4 fully saturated rings. The molecule has 0 aromatic carbocycles. The summed E-state index contributed by atoms with van der Waals surface area (Å²) < 4.78 is 0. The van der Waals surface area contributed by atoms with E-state index in [0.717, 1.165) is 38.5 Å². The zero-order chi connectivity index (χ0) is 26.1. The van der Waals surface area contributed by atoms with E-state index in [0.29, 0.717) is 25.3 Å². The van der Waals surface area contributed by atoms with Crippen LogP contribution in [0.25, 0.3) is 0 Å². The van der Waals surface area contributed by atoms with Crippen molar-refractivity contribution in [2.75, 3.05) is 6.54 Å². The highest BCUT2D eigenvalue weighted by Crippen LogP contribution is 2.35. The molecule has 4 rings (SSSR count). The second-order valence-electron chi connectivity index (χ2n) is 12.1. The van der Waals surface area contributed by atoms with Gasteiger partial charge < -0.3 is 20.9 Å². The van der Waals surface area contributed by atoms with Crippen molar-refractivity contribution in [3.8, 4) is 0 Å². The Balaban J connectivity index is 1.48. The second kappa shape index (κ2) is 10.9. The standard InChI is InChI=1S/C27H42N4O5/c1-14(2)18-12-21(31(13-18)27(36)22(15(3)4)30-24(33)17-7-8-17)25(34)29-20(11-16-5-6-16)23(32)26(35)28-19-9-10-19/h14-22H,5-13H2,1-4H3,(H,28,35)(H,29,34)(H,30,33)/t18-,20?,21+,22+/m1/s1. The first kappa shape index (κ1) is 26.6. The average Bonchev–Trinajstić information content (AvgIpc) is 3.67. The third kappa shape index (κ3) is 6.65. The molecule has 4 amide bonds. The van der Waals surface area contributed by atoms with Gasteiger partial charge in [0, 0.05) is 18.5 Å². The van der Waals surface area contributed by atoms with Crippen LogP contribution in [-0.2, 0) is 24.0 Å². The van der Waals surface area contributed by atoms with Crippen LogP contribution in [0.15, 0.2) is 0 Å². The van der Waals surface area contributed by atoms with E-state index in [-0.39, 0.29) is 47.4 Å². The molecule has 3 N–H and O–H groups in total. The lowest BCUT2D eigenvalue weighted by Gasteiger charge is -2.31. The smallest absolute Gasteiger partial charge is 0.289 e. The van der Waals surface area contributed by atoms with Gasteiger partial charge in [0.2, 0.25) is 23.5 Å². The Kier molecular flexibility index (Phi) is 8.05. The number of Topliss-reactive ketones (excluding diaryl/α,β-unsaturated/α-hetero) is 1. The molecule has 3 aliphatic carbocycles. The van der Waals surface area contributed by atoms with E-state index in [9.17, 15) is 24.0 Å². The van der Waals surface area contributed by atoms with Gasteiger partial charge in [-0.05, 0) is 62.2 Å². The topological polar surface area (TPSA) is 125 Å². The number of carbonyl (C=O) groups is 5. The van der Waals surface area contributed by atoms with Gasteiger partial charge in [-0.1, -0.05) is 40.5 Å². The Morgan fingerprint density at radius 1 is 0.861 bits per heavy atom. The summed E-state index contributed by atoms with van der Waals surface area (Å²) in [6, 6.07) is -2.25. The molecule has 9 nitrogen and oxygen atoms in total. The van der Waals surface area contributed by atoms with Gasteiger partial charge in [-0.25, -0.2) is 0 Å². The van der Waals surface area contributed by atoms with Gasteiger partial charge in [0.15, 0.2) is 0 Å². The molecule has 0 radical (unpaired) electrons. The molecule has 1 unspecified atom stereocenters. The van der Waals surface area contributed by atoms with E-state index in [1.165, 1.54) is 0 Å². The van der Waals surface area contributed by atoms with E-state index >= 15 is 0 Å². The van der Waals surface area contributed by atoms with Crippen LogP contribution in [0.5, 0.6) is 0 Å². The number of nitrogens with one attached hydrogen (secondary N) is 3. The summed E-state index contributed by atoms with van der Waals surface area (Å²) in [5.41, 5.74) is 0. The minimum atomic E-state index is -0.880. The van der Waals surface area contributed by atoms with Gasteiger partial charge in [-0.15, -0.1) is 0 Å². The lowest BCUT2D eigenvalue weighted by molar-refractivity contribution is -0.144. The molecule has 4 atom stereocenters. The maximum atomic E-state index is 13.7. The van der Waals surface area contributed by atoms with Crippen LogP contribution in [0.4, 0.5) is 0 Å². The number of ketones is 1. The summed E-state index contributed by atoms with van der Waals surface area (Å²) in [6.45, 7) is 8.36. The molecule has 36 heavy (non-hydrogen) atoms. The largest absolute Gasteiger partial charge is 0.347 e. The van der Waals surface area contributed by atoms with Crippen molar-refractivity contribution in [3.63, 3.8) is 0 Å². The van der Waals surface area contributed by atoms with Gasteiger partial charge in [-0.2, -0.15) is 0 Å². The highest BCUT2D eigenvalue weighted by Gasteiger charge is 2.45. The second-order valence-corrected chi connectivity index (χ2v) is 12.1. The fourth-order valence-electron chi connectivity index (χ4n) is 4.98. The molecule has 0 aromatic rings. The molecular formula is C27H42N4O5. The Morgan fingerprint density at radius 3 is 2.06 bits per heavy atom. The first-order valence-corrected chi connectivity index (χ1v) is 13.8. The molecule has 200 valence electrons. The minimum absolute atomic E-state index is 0.0175. The molecule has 0 spiro atoms. The Hall–Kier alpha value is -2.45. The molecule has 4 aliphatic rings. The zero-order valence-corrected chi connectivity index (χ0v) is 22.0. The van der Waals surface area contributed by atoms with Gasteiger partial charge in [0.05, 0.1) is 6.04 Å². The van der Waals surface area contributed by atoms with Crippen LogP contribution in [0.1, 0.15) is 79.1 Å². The van der Waals surface area contributed by atoms with Crippen molar-refractivity contribution in [1.82, 2.24) is 20.9 Å². The van der Waals surface area contributed by atoms with Crippen molar-refractivity contribution < 1.29 is 24.0 Å². The molecule has 3 saturated carbocycles. The summed E-state index contributed by atoms with van der Waals surface area (Å²) in [7, 11) is 0. The maximum absolute atomic E-state index is 13.7. The maximum Gasteiger partial charge on any atom is 0.289 e. The Morgan fingerprint density at radius 2 is 1.53 bits per heavy atom. The molecule has 0 aromatic heterocycles. The van der Waals surface area contributed by atoms with Crippen LogP contribution in [-0.4, -0.2) is 65.0 Å². The predicted octanol–water partition coefficient (Wildman–Crippen LogP) is 1.54. The van der Waals surface area contributed by atoms with Gasteiger partial charge in [0.1, 0.15) is 12.1 Å². The Bertz CT molecular complexity index is 891. The van der Waals surface area contributed by atoms with Crippen molar-refractivity contribution in [2.24, 2.45) is 29.6 Å². The number of hydrogen-bond acceptors (Lipinski definition) is 5. The fourth-order valence-corrected chi connectivity index (χ4v) is 4.98. The fraction of sp³-hybridized carbons (Fsp3) is 0.815. The van der Waals surface area contributed by atoms with Crippen LogP contribution in [0, 0.1) is 29.6 Å². The molecule has 1 saturated heterocycles. The number of hydrogen-bond donors (Lipinski definition) is 3. The number of likely N-dealkylation sites (tertiary alicyclic amines) is 1.